The van der Waals surface area contributed by atoms with E-state index in [2.05, 4.69) is 9.97 Å². The van der Waals surface area contributed by atoms with Crippen molar-refractivity contribution in [2.45, 2.75) is 17.0 Å². The summed E-state index contributed by atoms with van der Waals surface area (Å²) in [6.07, 6.45) is 0.863. The summed E-state index contributed by atoms with van der Waals surface area (Å²) in [4.78, 5) is 20.2. The maximum Gasteiger partial charge on any atom is 0.171 e. The number of ether oxygens (including phenoxy) is 1. The molecule has 0 radical (unpaired) electrons. The highest BCUT2D eigenvalue weighted by Crippen LogP contribution is 2.31. The highest BCUT2D eigenvalue weighted by atomic mass is 32.2. The van der Waals surface area contributed by atoms with E-state index in [1.54, 1.807) is 0 Å². The molecule has 2 heterocycles. The first-order chi connectivity index (χ1) is 9.78. The Balaban J connectivity index is 1.86. The lowest BCUT2D eigenvalue weighted by Gasteiger charge is -2.00. The molecule has 0 aliphatic heterocycles. The molecule has 3 rings (SSSR count). The van der Waals surface area contributed by atoms with E-state index in [0.717, 1.165) is 38.0 Å². The van der Waals surface area contributed by atoms with Crippen LogP contribution < -0.4 is 4.74 Å². The average Bonchev–Trinajstić information content (AvgIpc) is 3.05. The van der Waals surface area contributed by atoms with Crippen LogP contribution in [0.2, 0.25) is 0 Å². The van der Waals surface area contributed by atoms with Crippen LogP contribution in [0.1, 0.15) is 16.6 Å². The van der Waals surface area contributed by atoms with Gasteiger partial charge in [0.05, 0.1) is 22.5 Å². The zero-order chi connectivity index (χ0) is 13.9. The lowest BCUT2D eigenvalue weighted by Crippen LogP contribution is -1.90. The van der Waals surface area contributed by atoms with Crippen molar-refractivity contribution in [3.63, 3.8) is 0 Å². The van der Waals surface area contributed by atoms with Crippen molar-refractivity contribution in [1.29, 1.82) is 0 Å². The van der Waals surface area contributed by atoms with Crippen LogP contribution in [0.15, 0.2) is 39.7 Å². The zero-order valence-corrected chi connectivity index (χ0v) is 12.4. The molecule has 0 saturated carbocycles. The van der Waals surface area contributed by atoms with Crippen molar-refractivity contribution in [2.75, 3.05) is 6.61 Å². The summed E-state index contributed by atoms with van der Waals surface area (Å²) in [6.45, 7) is 2.60. The highest BCUT2D eigenvalue weighted by Gasteiger charge is 2.07. The molecule has 0 aliphatic carbocycles. The number of imidazole rings is 1. The Morgan fingerprint density at radius 1 is 1.45 bits per heavy atom. The molecule has 0 aliphatic rings. The molecule has 0 saturated heterocycles. The van der Waals surface area contributed by atoms with Gasteiger partial charge in [-0.2, -0.15) is 0 Å². The summed E-state index contributed by atoms with van der Waals surface area (Å²) in [5, 5.41) is 2.76. The van der Waals surface area contributed by atoms with Gasteiger partial charge in [-0.25, -0.2) is 4.98 Å². The second kappa shape index (κ2) is 5.68. The van der Waals surface area contributed by atoms with Crippen LogP contribution in [0.5, 0.6) is 5.75 Å². The van der Waals surface area contributed by atoms with E-state index in [9.17, 15) is 4.79 Å². The van der Waals surface area contributed by atoms with E-state index in [0.29, 0.717) is 6.61 Å². The molecule has 1 N–H and O–H groups in total. The molecule has 0 amide bonds. The molecule has 3 aromatic rings. The van der Waals surface area contributed by atoms with Crippen LogP contribution in [0.4, 0.5) is 0 Å². The number of benzene rings is 1. The summed E-state index contributed by atoms with van der Waals surface area (Å²) >= 11 is 2.95. The number of H-pyrrole nitrogens is 1. The maximum absolute atomic E-state index is 10.7. The Bertz CT molecular complexity index is 749. The summed E-state index contributed by atoms with van der Waals surface area (Å²) in [5.74, 6) is 0.832. The van der Waals surface area contributed by atoms with E-state index in [1.165, 1.54) is 23.1 Å². The number of aldehydes is 1. The average molecular weight is 304 g/mol. The Morgan fingerprint density at radius 3 is 3.10 bits per heavy atom. The van der Waals surface area contributed by atoms with Gasteiger partial charge in [0.2, 0.25) is 0 Å². The van der Waals surface area contributed by atoms with Gasteiger partial charge in [0.15, 0.2) is 11.4 Å². The third kappa shape index (κ3) is 2.71. The lowest BCUT2D eigenvalue weighted by atomic mass is 10.3. The fourth-order valence-corrected chi connectivity index (χ4v) is 3.53. The molecule has 20 heavy (non-hydrogen) atoms. The molecule has 0 unspecified atom stereocenters. The quantitative estimate of drug-likeness (QED) is 0.724. The number of carbonyl (C=O) groups is 1. The Kier molecular flexibility index (Phi) is 3.75. The van der Waals surface area contributed by atoms with Gasteiger partial charge in [-0.3, -0.25) is 4.79 Å². The number of hydrogen-bond donors (Lipinski definition) is 1. The molecule has 102 valence electrons. The molecule has 2 aromatic heterocycles. The van der Waals surface area contributed by atoms with Crippen molar-refractivity contribution in [2.24, 2.45) is 0 Å². The van der Waals surface area contributed by atoms with Gasteiger partial charge in [0, 0.05) is 16.3 Å². The molecule has 4 nitrogen and oxygen atoms in total. The van der Waals surface area contributed by atoms with Gasteiger partial charge in [0.1, 0.15) is 5.75 Å². The number of thiophene rings is 1. The van der Waals surface area contributed by atoms with E-state index in [-0.39, 0.29) is 0 Å². The maximum atomic E-state index is 10.7. The summed E-state index contributed by atoms with van der Waals surface area (Å²) in [5.41, 5.74) is 1.85. The second-order valence-corrected chi connectivity index (χ2v) is 6.06. The standard InChI is InChI=1S/C14H12N2O2S2/c1-2-18-9-3-4-12-13(5-9)16-14(15-12)20-11-6-10(7-17)19-8-11/h3-8H,2H2,1H3,(H,15,16). The van der Waals surface area contributed by atoms with Crippen molar-refractivity contribution >= 4 is 40.4 Å². The summed E-state index contributed by atoms with van der Waals surface area (Å²) in [7, 11) is 0. The number of aromatic nitrogens is 2. The molecule has 0 bridgehead atoms. The normalized spacial score (nSPS) is 10.8. The fraction of sp³-hybridized carbons (Fsp3) is 0.143. The second-order valence-electron chi connectivity index (χ2n) is 4.06. The molecule has 1 aromatic carbocycles. The summed E-state index contributed by atoms with van der Waals surface area (Å²) < 4.78 is 5.47. The minimum Gasteiger partial charge on any atom is -0.494 e. The highest BCUT2D eigenvalue weighted by molar-refractivity contribution is 7.99. The van der Waals surface area contributed by atoms with Crippen molar-refractivity contribution < 1.29 is 9.53 Å². The molecule has 0 fully saturated rings. The third-order valence-corrected chi connectivity index (χ3v) is 4.53. The van der Waals surface area contributed by atoms with Crippen molar-refractivity contribution in [1.82, 2.24) is 9.97 Å². The molecule has 6 heteroatoms. The number of nitrogens with one attached hydrogen (secondary N) is 1. The number of fused-ring (bicyclic) bond motifs is 1. The smallest absolute Gasteiger partial charge is 0.171 e. The Labute approximate surface area is 124 Å². The zero-order valence-electron chi connectivity index (χ0n) is 10.8. The van der Waals surface area contributed by atoms with Crippen LogP contribution in [0.25, 0.3) is 11.0 Å². The molecule has 0 atom stereocenters. The monoisotopic (exact) mass is 304 g/mol. The predicted octanol–water partition coefficient (Wildman–Crippen LogP) is 3.99. The van der Waals surface area contributed by atoms with Gasteiger partial charge in [-0.05, 0) is 25.1 Å². The SMILES string of the molecule is CCOc1ccc2nc(Sc3csc(C=O)c3)[nH]c2c1. The van der Waals surface area contributed by atoms with Gasteiger partial charge < -0.3 is 9.72 Å². The van der Waals surface area contributed by atoms with Crippen LogP contribution in [0, 0.1) is 0 Å². The third-order valence-electron chi connectivity index (χ3n) is 2.67. The Hall–Kier alpha value is -1.79. The number of aromatic amines is 1. The van der Waals surface area contributed by atoms with Crippen molar-refractivity contribution in [3.8, 4) is 5.75 Å². The van der Waals surface area contributed by atoms with E-state index >= 15 is 0 Å². The van der Waals surface area contributed by atoms with E-state index in [1.807, 2.05) is 36.6 Å². The van der Waals surface area contributed by atoms with Crippen LogP contribution in [0.3, 0.4) is 0 Å². The molecular weight excluding hydrogens is 292 g/mol. The van der Waals surface area contributed by atoms with Crippen LogP contribution in [-0.4, -0.2) is 22.9 Å². The first-order valence-electron chi connectivity index (χ1n) is 6.12. The first-order valence-corrected chi connectivity index (χ1v) is 7.82. The summed E-state index contributed by atoms with van der Waals surface area (Å²) in [6, 6.07) is 7.66. The van der Waals surface area contributed by atoms with Gasteiger partial charge in [0.25, 0.3) is 0 Å². The number of hydrogen-bond acceptors (Lipinski definition) is 5. The number of nitrogens with zero attached hydrogens (tertiary/aromatic N) is 1. The minimum absolute atomic E-state index is 0.643. The largest absolute Gasteiger partial charge is 0.494 e. The van der Waals surface area contributed by atoms with Crippen LogP contribution >= 0.6 is 23.1 Å². The topological polar surface area (TPSA) is 55.0 Å². The first kappa shape index (κ1) is 13.2. The fourth-order valence-electron chi connectivity index (χ4n) is 1.83. The Morgan fingerprint density at radius 2 is 2.35 bits per heavy atom. The van der Waals surface area contributed by atoms with Gasteiger partial charge in [-0.1, -0.05) is 11.8 Å². The molecular formula is C14H12N2O2S2. The molecule has 0 spiro atoms. The minimum atomic E-state index is 0.643. The predicted molar refractivity (Wildman–Crippen MR) is 81.1 cm³/mol. The van der Waals surface area contributed by atoms with Crippen LogP contribution in [-0.2, 0) is 0 Å². The number of rotatable bonds is 5. The van der Waals surface area contributed by atoms with Gasteiger partial charge >= 0.3 is 0 Å². The van der Waals surface area contributed by atoms with E-state index < -0.39 is 0 Å². The van der Waals surface area contributed by atoms with Crippen molar-refractivity contribution in [3.05, 3.63) is 34.5 Å². The van der Waals surface area contributed by atoms with E-state index in [4.69, 9.17) is 4.74 Å². The van der Waals surface area contributed by atoms with Gasteiger partial charge in [-0.15, -0.1) is 11.3 Å². The lowest BCUT2D eigenvalue weighted by molar-refractivity contribution is 0.112. The number of carbonyl (C=O) groups excluding carboxylic acids is 1.